The Kier molecular flexibility index (Phi) is 4.04. The number of hydrogen-bond donors (Lipinski definition) is 1. The summed E-state index contributed by atoms with van der Waals surface area (Å²) in [4.78, 5) is 18.2. The fourth-order valence-electron chi connectivity index (χ4n) is 3.01. The second-order valence-electron chi connectivity index (χ2n) is 6.12. The molecule has 1 N–H and O–H groups in total. The van der Waals surface area contributed by atoms with Crippen molar-refractivity contribution in [2.45, 2.75) is 13.0 Å². The van der Waals surface area contributed by atoms with E-state index in [1.807, 2.05) is 4.90 Å². The Labute approximate surface area is 142 Å². The number of nitrogens with zero attached hydrogens (tertiary/aromatic N) is 5. The zero-order valence-electron chi connectivity index (χ0n) is 13.4. The van der Waals surface area contributed by atoms with Crippen LogP contribution >= 0.6 is 0 Å². The average Bonchev–Trinajstić information content (AvgIpc) is 3.33. The third kappa shape index (κ3) is 3.30. The minimum absolute atomic E-state index is 0.0474. The van der Waals surface area contributed by atoms with Gasteiger partial charge in [0.25, 0.3) is 6.01 Å². The zero-order chi connectivity index (χ0) is 17.2. The van der Waals surface area contributed by atoms with Crippen LogP contribution in [-0.4, -0.2) is 50.2 Å². The van der Waals surface area contributed by atoms with Gasteiger partial charge in [0.15, 0.2) is 11.4 Å². The number of anilines is 1. The molecule has 3 heterocycles. The van der Waals surface area contributed by atoms with Crippen LogP contribution in [0.25, 0.3) is 11.1 Å². The summed E-state index contributed by atoms with van der Waals surface area (Å²) >= 11 is 0. The molecule has 1 aliphatic rings. The first-order chi connectivity index (χ1) is 12.2. The van der Waals surface area contributed by atoms with Crippen molar-refractivity contribution in [2.75, 3.05) is 25.0 Å². The van der Waals surface area contributed by atoms with E-state index in [0.717, 1.165) is 13.0 Å². The van der Waals surface area contributed by atoms with Crippen LogP contribution in [0.4, 0.5) is 10.4 Å². The molecule has 130 valence electrons. The van der Waals surface area contributed by atoms with E-state index < -0.39 is 5.82 Å². The van der Waals surface area contributed by atoms with Gasteiger partial charge in [0.05, 0.1) is 0 Å². The molecular weight excluding hydrogens is 327 g/mol. The van der Waals surface area contributed by atoms with E-state index in [4.69, 9.17) is 4.42 Å². The number of carbonyl (C=O) groups excluding carboxylic acids is 1. The van der Waals surface area contributed by atoms with Crippen LogP contribution in [0.3, 0.4) is 0 Å². The Hall–Kier alpha value is -2.97. The fourth-order valence-corrected chi connectivity index (χ4v) is 3.01. The molecule has 25 heavy (non-hydrogen) atoms. The second-order valence-corrected chi connectivity index (χ2v) is 6.12. The van der Waals surface area contributed by atoms with Crippen LogP contribution in [0.1, 0.15) is 6.42 Å². The largest absolute Gasteiger partial charge is 0.423 e. The number of carbonyl (C=O) groups is 1. The number of oxazole rings is 1. The van der Waals surface area contributed by atoms with Gasteiger partial charge in [0.2, 0.25) is 5.91 Å². The summed E-state index contributed by atoms with van der Waals surface area (Å²) in [6, 6.07) is 4.92. The molecule has 4 rings (SSSR count). The van der Waals surface area contributed by atoms with Gasteiger partial charge < -0.3 is 19.2 Å². The molecule has 9 heteroatoms. The van der Waals surface area contributed by atoms with Gasteiger partial charge in [-0.15, -0.1) is 10.2 Å². The monoisotopic (exact) mass is 344 g/mol. The molecule has 1 aromatic carbocycles. The number of aromatic nitrogens is 4. The molecule has 1 amide bonds. The van der Waals surface area contributed by atoms with Gasteiger partial charge in [0, 0.05) is 19.6 Å². The van der Waals surface area contributed by atoms with Gasteiger partial charge in [-0.3, -0.25) is 4.79 Å². The molecule has 1 aliphatic heterocycles. The lowest BCUT2D eigenvalue weighted by Gasteiger charge is -2.16. The summed E-state index contributed by atoms with van der Waals surface area (Å²) in [6.07, 6.45) is 3.95. The maximum atomic E-state index is 13.6. The van der Waals surface area contributed by atoms with Gasteiger partial charge in [0.1, 0.15) is 24.7 Å². The first-order valence-corrected chi connectivity index (χ1v) is 8.08. The van der Waals surface area contributed by atoms with Crippen LogP contribution < -0.4 is 5.32 Å². The summed E-state index contributed by atoms with van der Waals surface area (Å²) in [5.41, 5.74) is 0.641. The number of benzene rings is 1. The van der Waals surface area contributed by atoms with Crippen LogP contribution in [-0.2, 0) is 11.3 Å². The Morgan fingerprint density at radius 1 is 1.36 bits per heavy atom. The maximum absolute atomic E-state index is 13.6. The highest BCUT2D eigenvalue weighted by Gasteiger charge is 2.26. The Balaban J connectivity index is 1.31. The number of nitrogens with one attached hydrogen (secondary N) is 1. The summed E-state index contributed by atoms with van der Waals surface area (Å²) in [7, 11) is 0. The highest BCUT2D eigenvalue weighted by Crippen LogP contribution is 2.22. The molecule has 0 bridgehead atoms. The first kappa shape index (κ1) is 15.6. The van der Waals surface area contributed by atoms with E-state index in [-0.39, 0.29) is 18.0 Å². The van der Waals surface area contributed by atoms with Crippen molar-refractivity contribution in [1.29, 1.82) is 0 Å². The summed E-state index contributed by atoms with van der Waals surface area (Å²) < 4.78 is 20.8. The molecular formula is C16H17FN6O2. The Morgan fingerprint density at radius 3 is 3.00 bits per heavy atom. The third-order valence-corrected chi connectivity index (χ3v) is 4.33. The second kappa shape index (κ2) is 6.50. The lowest BCUT2D eigenvalue weighted by molar-refractivity contribution is -0.130. The highest BCUT2D eigenvalue weighted by atomic mass is 19.1. The summed E-state index contributed by atoms with van der Waals surface area (Å²) in [6.45, 7) is 2.25. The number of rotatable bonds is 5. The molecule has 1 saturated heterocycles. The SMILES string of the molecule is O=C(Cn1cnnc1)N1CCC(CNc2nc3c(F)cccc3o2)C1. The maximum Gasteiger partial charge on any atom is 0.295 e. The summed E-state index contributed by atoms with van der Waals surface area (Å²) in [5.74, 6) is -0.0584. The fraction of sp³-hybridized carbons (Fsp3) is 0.375. The van der Waals surface area contributed by atoms with Crippen molar-refractivity contribution in [3.63, 3.8) is 0 Å². The predicted molar refractivity (Wildman–Crippen MR) is 87.2 cm³/mol. The van der Waals surface area contributed by atoms with E-state index in [9.17, 15) is 9.18 Å². The lowest BCUT2D eigenvalue weighted by Crippen LogP contribution is -2.32. The van der Waals surface area contributed by atoms with E-state index in [2.05, 4.69) is 20.5 Å². The summed E-state index contributed by atoms with van der Waals surface area (Å²) in [5, 5.41) is 10.5. The molecule has 2 aromatic heterocycles. The molecule has 1 unspecified atom stereocenters. The standard InChI is InChI=1S/C16H17FN6O2/c17-12-2-1-3-13-15(12)21-16(25-13)18-6-11-4-5-23(7-11)14(24)8-22-9-19-20-10-22/h1-3,9-11H,4-8H2,(H,18,21). The first-order valence-electron chi connectivity index (χ1n) is 8.08. The molecule has 8 nitrogen and oxygen atoms in total. The number of amides is 1. The smallest absolute Gasteiger partial charge is 0.295 e. The van der Waals surface area contributed by atoms with Crippen LogP contribution in [0, 0.1) is 11.7 Å². The van der Waals surface area contributed by atoms with E-state index in [1.165, 1.54) is 18.7 Å². The van der Waals surface area contributed by atoms with E-state index >= 15 is 0 Å². The van der Waals surface area contributed by atoms with Crippen molar-refractivity contribution in [1.82, 2.24) is 24.6 Å². The Bertz CT molecular complexity index is 878. The number of fused-ring (bicyclic) bond motifs is 1. The lowest BCUT2D eigenvalue weighted by atomic mass is 10.1. The van der Waals surface area contributed by atoms with E-state index in [1.54, 1.807) is 16.7 Å². The highest BCUT2D eigenvalue weighted by molar-refractivity contribution is 5.76. The van der Waals surface area contributed by atoms with Crippen LogP contribution in [0.15, 0.2) is 35.3 Å². The molecule has 0 aliphatic carbocycles. The molecule has 0 spiro atoms. The molecule has 0 saturated carbocycles. The number of halogens is 1. The quantitative estimate of drug-likeness (QED) is 0.755. The van der Waals surface area contributed by atoms with Crippen molar-refractivity contribution in [3.8, 4) is 0 Å². The Morgan fingerprint density at radius 2 is 2.20 bits per heavy atom. The molecule has 3 aromatic rings. The van der Waals surface area contributed by atoms with Gasteiger partial charge in [-0.1, -0.05) is 6.07 Å². The normalized spacial score (nSPS) is 17.3. The molecule has 1 atom stereocenters. The minimum atomic E-state index is -0.402. The topological polar surface area (TPSA) is 89.1 Å². The molecule has 0 radical (unpaired) electrons. The number of likely N-dealkylation sites (tertiary alicyclic amines) is 1. The third-order valence-electron chi connectivity index (χ3n) is 4.33. The zero-order valence-corrected chi connectivity index (χ0v) is 13.4. The van der Waals surface area contributed by atoms with Gasteiger partial charge in [-0.25, -0.2) is 4.39 Å². The average molecular weight is 344 g/mol. The van der Waals surface area contributed by atoms with Crippen LogP contribution in [0.2, 0.25) is 0 Å². The predicted octanol–water partition coefficient (Wildman–Crippen LogP) is 1.52. The number of hydrogen-bond acceptors (Lipinski definition) is 6. The molecule has 1 fully saturated rings. The van der Waals surface area contributed by atoms with Crippen molar-refractivity contribution in [2.24, 2.45) is 5.92 Å². The van der Waals surface area contributed by atoms with Crippen molar-refractivity contribution >= 4 is 23.0 Å². The number of para-hydroxylation sites is 1. The van der Waals surface area contributed by atoms with E-state index in [0.29, 0.717) is 30.6 Å². The van der Waals surface area contributed by atoms with Gasteiger partial charge in [-0.2, -0.15) is 4.98 Å². The van der Waals surface area contributed by atoms with Gasteiger partial charge >= 0.3 is 0 Å². The van der Waals surface area contributed by atoms with Crippen molar-refractivity contribution in [3.05, 3.63) is 36.7 Å². The van der Waals surface area contributed by atoms with Crippen LogP contribution in [0.5, 0.6) is 0 Å². The minimum Gasteiger partial charge on any atom is -0.423 e. The van der Waals surface area contributed by atoms with Gasteiger partial charge in [-0.05, 0) is 24.5 Å². The van der Waals surface area contributed by atoms with Crippen molar-refractivity contribution < 1.29 is 13.6 Å².